The molecule has 0 N–H and O–H groups in total. The fourth-order valence-electron chi connectivity index (χ4n) is 2.28. The third-order valence-corrected chi connectivity index (χ3v) is 3.45. The fraction of sp³-hybridized carbons (Fsp3) is 0.200. The molecule has 0 saturated carbocycles. The number of hydrogen-bond acceptors (Lipinski definition) is 7. The molecule has 1 aromatic carbocycles. The SMILES string of the molecule is COc1ccc(-c2cc(C(=O)[O-])n3nc(C(F)(F)F)nc3n2)cc1OC. The van der Waals surface area contributed by atoms with Gasteiger partial charge in [0.25, 0.3) is 11.6 Å². The number of fused-ring (bicyclic) bond motifs is 1. The summed E-state index contributed by atoms with van der Waals surface area (Å²) in [6.45, 7) is 0. The molecule has 0 spiro atoms. The molecule has 11 heteroatoms. The Bertz CT molecular complexity index is 1000. The van der Waals surface area contributed by atoms with Gasteiger partial charge in [0.15, 0.2) is 11.5 Å². The molecule has 0 aliphatic heterocycles. The maximum Gasteiger partial charge on any atom is 0.453 e. The van der Waals surface area contributed by atoms with Crippen LogP contribution in [0.25, 0.3) is 17.0 Å². The van der Waals surface area contributed by atoms with E-state index in [9.17, 15) is 23.1 Å². The summed E-state index contributed by atoms with van der Waals surface area (Å²) in [4.78, 5) is 18.5. The lowest BCUT2D eigenvalue weighted by atomic mass is 10.1. The van der Waals surface area contributed by atoms with Gasteiger partial charge in [-0.3, -0.25) is 0 Å². The van der Waals surface area contributed by atoms with E-state index >= 15 is 0 Å². The van der Waals surface area contributed by atoms with E-state index in [2.05, 4.69) is 15.1 Å². The number of benzene rings is 1. The predicted molar refractivity (Wildman–Crippen MR) is 78.7 cm³/mol. The van der Waals surface area contributed by atoms with Crippen LogP contribution in [0.2, 0.25) is 0 Å². The molecule has 3 aromatic rings. The lowest BCUT2D eigenvalue weighted by Gasteiger charge is -2.11. The van der Waals surface area contributed by atoms with Gasteiger partial charge in [-0.15, -0.1) is 5.10 Å². The minimum absolute atomic E-state index is 0.0544. The molecule has 136 valence electrons. The van der Waals surface area contributed by atoms with Crippen molar-refractivity contribution in [3.8, 4) is 22.8 Å². The monoisotopic (exact) mass is 367 g/mol. The van der Waals surface area contributed by atoms with E-state index in [-0.39, 0.29) is 5.69 Å². The quantitative estimate of drug-likeness (QED) is 0.683. The number of carbonyl (C=O) groups is 1. The number of aromatic carboxylic acids is 1. The van der Waals surface area contributed by atoms with Gasteiger partial charge in [0, 0.05) is 5.56 Å². The molecule has 0 radical (unpaired) electrons. The van der Waals surface area contributed by atoms with Crippen molar-refractivity contribution in [1.82, 2.24) is 19.6 Å². The molecule has 8 nitrogen and oxygen atoms in total. The standard InChI is InChI=1S/C15H11F3N4O4/c1-25-10-4-3-7(5-11(10)26-2)8-6-9(12(23)24)22-14(19-8)20-13(21-22)15(16,17)18/h3-6H,1-2H3,(H,23,24)/p-1. The predicted octanol–water partition coefficient (Wildman–Crippen LogP) is 1.19. The average molecular weight is 367 g/mol. The smallest absolute Gasteiger partial charge is 0.453 e. The van der Waals surface area contributed by atoms with Gasteiger partial charge in [0.1, 0.15) is 0 Å². The number of carboxylic acid groups (broad SMARTS) is 1. The first-order valence-electron chi connectivity index (χ1n) is 7.03. The lowest BCUT2D eigenvalue weighted by molar-refractivity contribution is -0.255. The van der Waals surface area contributed by atoms with Crippen LogP contribution in [0.5, 0.6) is 11.5 Å². The van der Waals surface area contributed by atoms with E-state index in [1.165, 1.54) is 20.3 Å². The average Bonchev–Trinajstić information content (AvgIpc) is 3.04. The van der Waals surface area contributed by atoms with Crippen molar-refractivity contribution in [3.05, 3.63) is 35.8 Å². The number of rotatable bonds is 4. The molecule has 0 aliphatic rings. The van der Waals surface area contributed by atoms with E-state index in [0.717, 1.165) is 6.07 Å². The molecular weight excluding hydrogens is 357 g/mol. The molecule has 0 unspecified atom stereocenters. The molecule has 0 atom stereocenters. The minimum atomic E-state index is -4.85. The van der Waals surface area contributed by atoms with Crippen LogP contribution in [-0.2, 0) is 6.18 Å². The topological polar surface area (TPSA) is 102 Å². The Morgan fingerprint density at radius 2 is 1.81 bits per heavy atom. The van der Waals surface area contributed by atoms with Crippen molar-refractivity contribution >= 4 is 11.7 Å². The van der Waals surface area contributed by atoms with E-state index in [4.69, 9.17) is 9.47 Å². The lowest BCUT2D eigenvalue weighted by Crippen LogP contribution is -2.26. The Balaban J connectivity index is 2.23. The number of nitrogens with zero attached hydrogens (tertiary/aromatic N) is 4. The van der Waals surface area contributed by atoms with Gasteiger partial charge in [-0.2, -0.15) is 22.7 Å². The van der Waals surface area contributed by atoms with Crippen LogP contribution in [0, 0.1) is 0 Å². The molecule has 0 aliphatic carbocycles. The second kappa shape index (κ2) is 6.17. The Morgan fingerprint density at radius 3 is 2.38 bits per heavy atom. The number of alkyl halides is 3. The number of aromatic nitrogens is 4. The highest BCUT2D eigenvalue weighted by Gasteiger charge is 2.37. The summed E-state index contributed by atoms with van der Waals surface area (Å²) >= 11 is 0. The number of ether oxygens (including phenoxy) is 2. The highest BCUT2D eigenvalue weighted by Crippen LogP contribution is 2.32. The largest absolute Gasteiger partial charge is 0.543 e. The third-order valence-electron chi connectivity index (χ3n) is 3.45. The summed E-state index contributed by atoms with van der Waals surface area (Å²) in [7, 11) is 2.84. The van der Waals surface area contributed by atoms with Crippen molar-refractivity contribution in [1.29, 1.82) is 0 Å². The van der Waals surface area contributed by atoms with Gasteiger partial charge in [0.05, 0.1) is 31.6 Å². The van der Waals surface area contributed by atoms with Gasteiger partial charge in [-0.05, 0) is 24.3 Å². The zero-order valence-corrected chi connectivity index (χ0v) is 13.4. The summed E-state index contributed by atoms with van der Waals surface area (Å²) in [5, 5.41) is 14.5. The van der Waals surface area contributed by atoms with Crippen LogP contribution >= 0.6 is 0 Å². The Hall–Kier alpha value is -3.37. The second-order valence-corrected chi connectivity index (χ2v) is 5.03. The number of carboxylic acids is 1. The van der Waals surface area contributed by atoms with Gasteiger partial charge >= 0.3 is 6.18 Å². The maximum absolute atomic E-state index is 12.8. The van der Waals surface area contributed by atoms with E-state index in [0.29, 0.717) is 21.6 Å². The zero-order valence-electron chi connectivity index (χ0n) is 13.4. The number of methoxy groups -OCH3 is 2. The molecule has 3 rings (SSSR count). The van der Waals surface area contributed by atoms with E-state index < -0.39 is 29.4 Å². The minimum Gasteiger partial charge on any atom is -0.543 e. The Kier molecular flexibility index (Phi) is 4.14. The van der Waals surface area contributed by atoms with Crippen LogP contribution < -0.4 is 14.6 Å². The van der Waals surface area contributed by atoms with Crippen molar-refractivity contribution < 1.29 is 32.5 Å². The van der Waals surface area contributed by atoms with Crippen LogP contribution in [0.15, 0.2) is 24.3 Å². The van der Waals surface area contributed by atoms with E-state index in [1.54, 1.807) is 12.1 Å². The Labute approximate surface area is 143 Å². The van der Waals surface area contributed by atoms with Crippen LogP contribution in [0.1, 0.15) is 16.3 Å². The number of hydrogen-bond donors (Lipinski definition) is 0. The summed E-state index contributed by atoms with van der Waals surface area (Å²) in [5.41, 5.74) is -0.189. The number of halogens is 3. The summed E-state index contributed by atoms with van der Waals surface area (Å²) in [6, 6.07) is 5.63. The molecule has 0 amide bonds. The van der Waals surface area contributed by atoms with Crippen molar-refractivity contribution in [2.24, 2.45) is 0 Å². The van der Waals surface area contributed by atoms with Crippen molar-refractivity contribution in [3.63, 3.8) is 0 Å². The highest BCUT2D eigenvalue weighted by atomic mass is 19.4. The molecule has 0 bridgehead atoms. The van der Waals surface area contributed by atoms with Crippen LogP contribution in [0.3, 0.4) is 0 Å². The molecule has 0 saturated heterocycles. The van der Waals surface area contributed by atoms with E-state index in [1.807, 2.05) is 0 Å². The molecule has 0 fully saturated rings. The second-order valence-electron chi connectivity index (χ2n) is 5.03. The van der Waals surface area contributed by atoms with Crippen LogP contribution in [0.4, 0.5) is 13.2 Å². The van der Waals surface area contributed by atoms with Crippen molar-refractivity contribution in [2.45, 2.75) is 6.18 Å². The number of carbonyl (C=O) groups excluding carboxylic acids is 1. The van der Waals surface area contributed by atoms with Gasteiger partial charge in [0.2, 0.25) is 0 Å². The fourth-order valence-corrected chi connectivity index (χ4v) is 2.28. The summed E-state index contributed by atoms with van der Waals surface area (Å²) in [6.07, 6.45) is -4.85. The maximum atomic E-state index is 12.8. The normalized spacial score (nSPS) is 11.6. The van der Waals surface area contributed by atoms with Gasteiger partial charge < -0.3 is 19.4 Å². The Morgan fingerprint density at radius 1 is 1.12 bits per heavy atom. The first kappa shape index (κ1) is 17.5. The molecular formula is C15H10F3N4O4-. The molecule has 2 aromatic heterocycles. The molecule has 26 heavy (non-hydrogen) atoms. The molecule has 2 heterocycles. The van der Waals surface area contributed by atoms with Gasteiger partial charge in [-0.1, -0.05) is 0 Å². The first-order valence-corrected chi connectivity index (χ1v) is 7.03. The van der Waals surface area contributed by atoms with Gasteiger partial charge in [-0.25, -0.2) is 4.98 Å². The first-order chi connectivity index (χ1) is 12.2. The van der Waals surface area contributed by atoms with Crippen LogP contribution in [-0.4, -0.2) is 39.8 Å². The highest BCUT2D eigenvalue weighted by molar-refractivity contribution is 5.86. The summed E-state index contributed by atoms with van der Waals surface area (Å²) in [5.74, 6) is -3.00. The zero-order chi connectivity index (χ0) is 19.1. The van der Waals surface area contributed by atoms with Crippen molar-refractivity contribution in [2.75, 3.05) is 14.2 Å². The summed E-state index contributed by atoms with van der Waals surface area (Å²) < 4.78 is 49.1. The third kappa shape index (κ3) is 2.98.